The smallest absolute Gasteiger partial charge is 0.0774 e. The molecule has 1 unspecified atom stereocenters. The molecule has 0 spiro atoms. The van der Waals surface area contributed by atoms with Crippen LogP contribution >= 0.6 is 0 Å². The average Bonchev–Trinajstić information content (AvgIpc) is 2.94. The fourth-order valence-electron chi connectivity index (χ4n) is 1.81. The van der Waals surface area contributed by atoms with Gasteiger partial charge in [-0.1, -0.05) is 0 Å². The molecule has 1 aromatic heterocycles. The summed E-state index contributed by atoms with van der Waals surface area (Å²) in [5.74, 6) is 0. The minimum Gasteiger partial charge on any atom is -0.383 e. The third-order valence-electron chi connectivity index (χ3n) is 2.75. The SMILES string of the molecule is COCCNCc1cnn(C2CCOC2)c1. The zero-order chi connectivity index (χ0) is 11.2. The van der Waals surface area contributed by atoms with E-state index in [4.69, 9.17) is 9.47 Å². The number of ether oxygens (including phenoxy) is 2. The van der Waals surface area contributed by atoms with Crippen LogP contribution in [0.2, 0.25) is 0 Å². The lowest BCUT2D eigenvalue weighted by atomic mass is 10.3. The summed E-state index contributed by atoms with van der Waals surface area (Å²) in [6.45, 7) is 4.10. The van der Waals surface area contributed by atoms with Crippen LogP contribution in [0.4, 0.5) is 0 Å². The van der Waals surface area contributed by atoms with Gasteiger partial charge < -0.3 is 14.8 Å². The molecule has 90 valence electrons. The van der Waals surface area contributed by atoms with Crippen LogP contribution in [0.15, 0.2) is 12.4 Å². The van der Waals surface area contributed by atoms with E-state index >= 15 is 0 Å². The van der Waals surface area contributed by atoms with Crippen LogP contribution in [0, 0.1) is 0 Å². The highest BCUT2D eigenvalue weighted by Gasteiger charge is 2.17. The number of hydrogen-bond donors (Lipinski definition) is 1. The fraction of sp³-hybridized carbons (Fsp3) is 0.727. The van der Waals surface area contributed by atoms with Crippen molar-refractivity contribution in [3.05, 3.63) is 18.0 Å². The summed E-state index contributed by atoms with van der Waals surface area (Å²) < 4.78 is 12.3. The lowest BCUT2D eigenvalue weighted by Crippen LogP contribution is -2.18. The molecule has 0 aliphatic carbocycles. The fourth-order valence-corrected chi connectivity index (χ4v) is 1.81. The molecule has 1 saturated heterocycles. The highest BCUT2D eigenvalue weighted by molar-refractivity contribution is 5.04. The lowest BCUT2D eigenvalue weighted by Gasteiger charge is -2.06. The summed E-state index contributed by atoms with van der Waals surface area (Å²) in [7, 11) is 1.71. The van der Waals surface area contributed by atoms with Crippen molar-refractivity contribution >= 4 is 0 Å². The second-order valence-electron chi connectivity index (χ2n) is 4.02. The average molecular weight is 225 g/mol. The van der Waals surface area contributed by atoms with Gasteiger partial charge in [0.1, 0.15) is 0 Å². The molecule has 1 aliphatic rings. The van der Waals surface area contributed by atoms with Gasteiger partial charge >= 0.3 is 0 Å². The Labute approximate surface area is 95.7 Å². The maximum atomic E-state index is 5.34. The van der Waals surface area contributed by atoms with Gasteiger partial charge in [-0.15, -0.1) is 0 Å². The van der Waals surface area contributed by atoms with E-state index in [2.05, 4.69) is 16.6 Å². The number of nitrogens with zero attached hydrogens (tertiary/aromatic N) is 2. The quantitative estimate of drug-likeness (QED) is 0.719. The Morgan fingerprint density at radius 2 is 2.62 bits per heavy atom. The van der Waals surface area contributed by atoms with Crippen molar-refractivity contribution in [2.75, 3.05) is 33.5 Å². The van der Waals surface area contributed by atoms with Crippen LogP contribution in [-0.2, 0) is 16.0 Å². The van der Waals surface area contributed by atoms with Gasteiger partial charge in [0, 0.05) is 38.6 Å². The molecule has 0 radical (unpaired) electrons. The van der Waals surface area contributed by atoms with E-state index in [1.54, 1.807) is 7.11 Å². The van der Waals surface area contributed by atoms with E-state index in [0.29, 0.717) is 6.04 Å². The third kappa shape index (κ3) is 3.04. The van der Waals surface area contributed by atoms with Crippen molar-refractivity contribution < 1.29 is 9.47 Å². The van der Waals surface area contributed by atoms with Crippen molar-refractivity contribution in [1.29, 1.82) is 0 Å². The van der Waals surface area contributed by atoms with Crippen LogP contribution in [0.5, 0.6) is 0 Å². The summed E-state index contributed by atoms with van der Waals surface area (Å²) >= 11 is 0. The standard InChI is InChI=1S/C11H19N3O2/c1-15-5-3-12-6-10-7-13-14(8-10)11-2-4-16-9-11/h7-8,11-12H,2-6,9H2,1H3. The number of aromatic nitrogens is 2. The Kier molecular flexibility index (Phi) is 4.33. The van der Waals surface area contributed by atoms with Gasteiger partial charge in [0.25, 0.3) is 0 Å². The largest absolute Gasteiger partial charge is 0.383 e. The maximum absolute atomic E-state index is 5.34. The molecule has 2 heterocycles. The molecule has 1 aliphatic heterocycles. The minimum absolute atomic E-state index is 0.424. The van der Waals surface area contributed by atoms with Gasteiger partial charge in [-0.05, 0) is 6.42 Å². The van der Waals surface area contributed by atoms with E-state index in [-0.39, 0.29) is 0 Å². The summed E-state index contributed by atoms with van der Waals surface area (Å²) in [5.41, 5.74) is 1.21. The number of methoxy groups -OCH3 is 1. The molecule has 0 aromatic carbocycles. The Morgan fingerprint density at radius 1 is 1.69 bits per heavy atom. The first-order valence-corrected chi connectivity index (χ1v) is 5.70. The molecule has 2 rings (SSSR count). The molecule has 1 fully saturated rings. The first-order valence-electron chi connectivity index (χ1n) is 5.70. The summed E-state index contributed by atoms with van der Waals surface area (Å²) in [6.07, 6.45) is 5.08. The third-order valence-corrected chi connectivity index (χ3v) is 2.75. The second-order valence-corrected chi connectivity index (χ2v) is 4.02. The molecule has 1 atom stereocenters. The maximum Gasteiger partial charge on any atom is 0.0774 e. The van der Waals surface area contributed by atoms with Gasteiger partial charge in [-0.2, -0.15) is 5.10 Å². The highest BCUT2D eigenvalue weighted by Crippen LogP contribution is 2.17. The van der Waals surface area contributed by atoms with Gasteiger partial charge in [-0.3, -0.25) is 4.68 Å². The minimum atomic E-state index is 0.424. The molecular weight excluding hydrogens is 206 g/mol. The van der Waals surface area contributed by atoms with Gasteiger partial charge in [0.2, 0.25) is 0 Å². The van der Waals surface area contributed by atoms with Crippen molar-refractivity contribution in [2.45, 2.75) is 19.0 Å². The van der Waals surface area contributed by atoms with Gasteiger partial charge in [0.05, 0.1) is 25.5 Å². The molecule has 1 aromatic rings. The van der Waals surface area contributed by atoms with E-state index in [1.807, 2.05) is 10.9 Å². The van der Waals surface area contributed by atoms with Crippen molar-refractivity contribution in [3.8, 4) is 0 Å². The zero-order valence-corrected chi connectivity index (χ0v) is 9.69. The first-order chi connectivity index (χ1) is 7.90. The molecule has 1 N–H and O–H groups in total. The number of rotatable bonds is 6. The number of nitrogens with one attached hydrogen (secondary N) is 1. The van der Waals surface area contributed by atoms with Crippen molar-refractivity contribution in [2.24, 2.45) is 0 Å². The molecule has 5 nitrogen and oxygen atoms in total. The lowest BCUT2D eigenvalue weighted by molar-refractivity contribution is 0.184. The zero-order valence-electron chi connectivity index (χ0n) is 9.69. The topological polar surface area (TPSA) is 48.3 Å². The molecule has 5 heteroatoms. The Hall–Kier alpha value is -0.910. The van der Waals surface area contributed by atoms with Gasteiger partial charge in [-0.25, -0.2) is 0 Å². The van der Waals surface area contributed by atoms with Crippen LogP contribution < -0.4 is 5.32 Å². The Morgan fingerprint density at radius 3 is 3.38 bits per heavy atom. The van der Waals surface area contributed by atoms with Crippen LogP contribution in [0.1, 0.15) is 18.0 Å². The van der Waals surface area contributed by atoms with Crippen LogP contribution in [0.3, 0.4) is 0 Å². The molecule has 0 bridgehead atoms. The summed E-state index contributed by atoms with van der Waals surface area (Å²) in [4.78, 5) is 0. The molecule has 0 saturated carbocycles. The van der Waals surface area contributed by atoms with E-state index in [9.17, 15) is 0 Å². The van der Waals surface area contributed by atoms with E-state index < -0.39 is 0 Å². The van der Waals surface area contributed by atoms with Crippen molar-refractivity contribution in [3.63, 3.8) is 0 Å². The molecular formula is C11H19N3O2. The van der Waals surface area contributed by atoms with Crippen LogP contribution in [-0.4, -0.2) is 43.3 Å². The molecule has 0 amide bonds. The normalized spacial score (nSPS) is 20.4. The summed E-state index contributed by atoms with van der Waals surface area (Å²) in [6, 6.07) is 0.424. The predicted octanol–water partition coefficient (Wildman–Crippen LogP) is 0.580. The van der Waals surface area contributed by atoms with E-state index in [0.717, 1.165) is 39.3 Å². The van der Waals surface area contributed by atoms with E-state index in [1.165, 1.54) is 5.56 Å². The van der Waals surface area contributed by atoms with Gasteiger partial charge in [0.15, 0.2) is 0 Å². The van der Waals surface area contributed by atoms with Crippen LogP contribution in [0.25, 0.3) is 0 Å². The Bertz CT molecular complexity index is 308. The monoisotopic (exact) mass is 225 g/mol. The predicted molar refractivity (Wildman–Crippen MR) is 60.3 cm³/mol. The van der Waals surface area contributed by atoms with Crippen molar-refractivity contribution in [1.82, 2.24) is 15.1 Å². The highest BCUT2D eigenvalue weighted by atomic mass is 16.5. The molecule has 16 heavy (non-hydrogen) atoms. The number of hydrogen-bond acceptors (Lipinski definition) is 4. The summed E-state index contributed by atoms with van der Waals surface area (Å²) in [5, 5.41) is 7.66. The Balaban J connectivity index is 1.77. The first kappa shape index (κ1) is 11.6. The second kappa shape index (κ2) is 5.98.